The monoisotopic (exact) mass is 236 g/mol. The van der Waals surface area contributed by atoms with Crippen LogP contribution in [0.5, 0.6) is 0 Å². The number of aryl methyl sites for hydroxylation is 2. The molecule has 1 rings (SSSR count). The van der Waals surface area contributed by atoms with Crippen molar-refractivity contribution < 1.29 is 0 Å². The van der Waals surface area contributed by atoms with Crippen LogP contribution in [-0.2, 0) is 12.8 Å². The molecule has 0 atom stereocenters. The molecule has 0 spiro atoms. The molecule has 0 N–H and O–H groups in total. The van der Waals surface area contributed by atoms with Gasteiger partial charge >= 0.3 is 0 Å². The quantitative estimate of drug-likeness (QED) is 0.535. The van der Waals surface area contributed by atoms with Crippen molar-refractivity contribution in [3.63, 3.8) is 0 Å². The van der Waals surface area contributed by atoms with Crippen LogP contribution in [0.3, 0.4) is 0 Å². The van der Waals surface area contributed by atoms with E-state index in [1.54, 1.807) is 5.37 Å². The highest BCUT2D eigenvalue weighted by Gasteiger charge is 2.02. The van der Waals surface area contributed by atoms with Crippen LogP contribution >= 0.6 is 12.2 Å². The van der Waals surface area contributed by atoms with Crippen LogP contribution in [0.4, 0.5) is 0 Å². The molecule has 0 aliphatic carbocycles. The Kier molecular flexibility index (Phi) is 6.16. The summed E-state index contributed by atoms with van der Waals surface area (Å²) in [5.74, 6) is 0.951. The number of thiocarbonyl (C=S) groups is 1. The van der Waals surface area contributed by atoms with E-state index in [4.69, 9.17) is 12.2 Å². The number of unbranched alkanes of at least 4 members (excludes halogenated alkanes) is 3. The van der Waals surface area contributed by atoms with E-state index in [0.717, 1.165) is 30.1 Å². The van der Waals surface area contributed by atoms with Crippen molar-refractivity contribution in [2.24, 2.45) is 0 Å². The lowest BCUT2D eigenvalue weighted by molar-refractivity contribution is 0.650. The van der Waals surface area contributed by atoms with E-state index in [2.05, 4.69) is 23.8 Å². The molecule has 1 heterocycles. The second-order valence-electron chi connectivity index (χ2n) is 3.98. The first-order chi connectivity index (χ1) is 7.80. The molecule has 0 radical (unpaired) electrons. The maximum absolute atomic E-state index is 4.92. The predicted molar refractivity (Wildman–Crippen MR) is 72.0 cm³/mol. The summed E-state index contributed by atoms with van der Waals surface area (Å²) < 4.78 is 0. The Morgan fingerprint density at radius 3 is 2.62 bits per heavy atom. The summed E-state index contributed by atoms with van der Waals surface area (Å²) >= 11 is 4.92. The van der Waals surface area contributed by atoms with Crippen molar-refractivity contribution in [1.82, 2.24) is 9.97 Å². The van der Waals surface area contributed by atoms with Crippen LogP contribution in [0.15, 0.2) is 6.07 Å². The zero-order chi connectivity index (χ0) is 11.8. The van der Waals surface area contributed by atoms with Gasteiger partial charge in [-0.15, -0.1) is 0 Å². The topological polar surface area (TPSA) is 25.8 Å². The highest BCUT2D eigenvalue weighted by atomic mass is 32.1. The molecule has 1 aromatic heterocycles. The highest BCUT2D eigenvalue weighted by Crippen LogP contribution is 2.07. The van der Waals surface area contributed by atoms with Gasteiger partial charge in [-0.2, -0.15) is 0 Å². The van der Waals surface area contributed by atoms with E-state index in [1.807, 2.05) is 6.07 Å². The van der Waals surface area contributed by atoms with Gasteiger partial charge in [-0.25, -0.2) is 9.97 Å². The molecule has 0 amide bonds. The molecule has 0 aliphatic rings. The molecular weight excluding hydrogens is 216 g/mol. The number of aromatic nitrogens is 2. The Labute approximate surface area is 104 Å². The van der Waals surface area contributed by atoms with Crippen LogP contribution in [0.25, 0.3) is 0 Å². The third kappa shape index (κ3) is 4.35. The van der Waals surface area contributed by atoms with Crippen molar-refractivity contribution in [3.8, 4) is 0 Å². The summed E-state index contributed by atoms with van der Waals surface area (Å²) in [6.45, 7) is 4.33. The number of hydrogen-bond acceptors (Lipinski definition) is 3. The van der Waals surface area contributed by atoms with Crippen molar-refractivity contribution in [1.29, 1.82) is 0 Å². The zero-order valence-electron chi connectivity index (χ0n) is 10.2. The fourth-order valence-corrected chi connectivity index (χ4v) is 1.76. The van der Waals surface area contributed by atoms with Crippen LogP contribution in [-0.4, -0.2) is 15.3 Å². The second kappa shape index (κ2) is 7.44. The van der Waals surface area contributed by atoms with Crippen molar-refractivity contribution in [2.45, 2.75) is 52.4 Å². The second-order valence-corrected chi connectivity index (χ2v) is 4.22. The van der Waals surface area contributed by atoms with Crippen LogP contribution in [0, 0.1) is 0 Å². The summed E-state index contributed by atoms with van der Waals surface area (Å²) in [4.78, 5) is 8.95. The number of nitrogens with zero attached hydrogens (tertiary/aromatic N) is 2. The summed E-state index contributed by atoms with van der Waals surface area (Å²) in [7, 11) is 0. The van der Waals surface area contributed by atoms with E-state index < -0.39 is 0 Å². The average Bonchev–Trinajstić information content (AvgIpc) is 2.34. The number of hydrogen-bond donors (Lipinski definition) is 0. The SMILES string of the molecule is CCCCCCc1nc(C=S)cc(CC)n1. The highest BCUT2D eigenvalue weighted by molar-refractivity contribution is 7.79. The van der Waals surface area contributed by atoms with E-state index in [1.165, 1.54) is 25.7 Å². The Balaban J connectivity index is 2.60. The zero-order valence-corrected chi connectivity index (χ0v) is 11.0. The maximum atomic E-state index is 4.92. The molecule has 1 aromatic rings. The van der Waals surface area contributed by atoms with Crippen molar-refractivity contribution in [2.75, 3.05) is 0 Å². The molecule has 3 heteroatoms. The molecule has 0 aromatic carbocycles. The molecule has 16 heavy (non-hydrogen) atoms. The minimum Gasteiger partial charge on any atom is -0.238 e. The van der Waals surface area contributed by atoms with E-state index >= 15 is 0 Å². The molecule has 0 saturated carbocycles. The van der Waals surface area contributed by atoms with Gasteiger partial charge in [-0.1, -0.05) is 45.3 Å². The molecule has 0 bridgehead atoms. The lowest BCUT2D eigenvalue weighted by Gasteiger charge is -2.04. The predicted octanol–water partition coefficient (Wildman–Crippen LogP) is 3.51. The minimum absolute atomic E-state index is 0.882. The van der Waals surface area contributed by atoms with E-state index in [0.29, 0.717) is 0 Å². The first kappa shape index (κ1) is 13.2. The van der Waals surface area contributed by atoms with Gasteiger partial charge in [0.2, 0.25) is 0 Å². The largest absolute Gasteiger partial charge is 0.238 e. The summed E-state index contributed by atoms with van der Waals surface area (Å²) in [6, 6.07) is 1.97. The molecular formula is C13H20N2S. The summed E-state index contributed by atoms with van der Waals surface area (Å²) in [6.07, 6.45) is 6.93. The molecule has 2 nitrogen and oxygen atoms in total. The van der Waals surface area contributed by atoms with Crippen molar-refractivity contribution >= 4 is 17.6 Å². The van der Waals surface area contributed by atoms with Crippen LogP contribution in [0.2, 0.25) is 0 Å². The maximum Gasteiger partial charge on any atom is 0.129 e. The van der Waals surface area contributed by atoms with Gasteiger partial charge < -0.3 is 0 Å². The number of rotatable bonds is 7. The van der Waals surface area contributed by atoms with Gasteiger partial charge in [0.25, 0.3) is 0 Å². The smallest absolute Gasteiger partial charge is 0.129 e. The molecule has 0 saturated heterocycles. The lowest BCUT2D eigenvalue weighted by Crippen LogP contribution is -2.02. The first-order valence-corrected chi connectivity index (χ1v) is 6.59. The molecule has 0 unspecified atom stereocenters. The summed E-state index contributed by atoms with van der Waals surface area (Å²) in [5.41, 5.74) is 1.98. The molecule has 0 fully saturated rings. The fraction of sp³-hybridized carbons (Fsp3) is 0.615. The third-order valence-electron chi connectivity index (χ3n) is 2.58. The Morgan fingerprint density at radius 1 is 1.19 bits per heavy atom. The molecule has 0 aliphatic heterocycles. The standard InChI is InChI=1S/C13H20N2S/c1-3-5-6-7-8-13-14-11(4-2)9-12(10-16)15-13/h9-10H,3-8H2,1-2H3. The lowest BCUT2D eigenvalue weighted by atomic mass is 10.1. The van der Waals surface area contributed by atoms with Gasteiger partial charge in [-0.3, -0.25) is 0 Å². The normalized spacial score (nSPS) is 10.4. The van der Waals surface area contributed by atoms with E-state index in [9.17, 15) is 0 Å². The van der Waals surface area contributed by atoms with Gasteiger partial charge in [0, 0.05) is 17.5 Å². The van der Waals surface area contributed by atoms with Gasteiger partial charge in [0.05, 0.1) is 5.69 Å². The first-order valence-electron chi connectivity index (χ1n) is 6.12. The average molecular weight is 236 g/mol. The van der Waals surface area contributed by atoms with Gasteiger partial charge in [0.15, 0.2) is 0 Å². The van der Waals surface area contributed by atoms with Gasteiger partial charge in [0.1, 0.15) is 5.82 Å². The Hall–Kier alpha value is -0.830. The minimum atomic E-state index is 0.882. The van der Waals surface area contributed by atoms with Gasteiger partial charge in [-0.05, 0) is 18.9 Å². The Bertz CT molecular complexity index is 337. The molecule has 88 valence electrons. The fourth-order valence-electron chi connectivity index (χ4n) is 1.64. The van der Waals surface area contributed by atoms with E-state index in [-0.39, 0.29) is 0 Å². The Morgan fingerprint density at radius 2 is 2.00 bits per heavy atom. The van der Waals surface area contributed by atoms with Crippen LogP contribution < -0.4 is 0 Å². The van der Waals surface area contributed by atoms with Crippen molar-refractivity contribution in [3.05, 3.63) is 23.3 Å². The third-order valence-corrected chi connectivity index (χ3v) is 2.82. The van der Waals surface area contributed by atoms with Crippen LogP contribution in [0.1, 0.15) is 56.7 Å². The summed E-state index contributed by atoms with van der Waals surface area (Å²) in [5, 5.41) is 1.64.